The van der Waals surface area contributed by atoms with Crippen molar-refractivity contribution < 1.29 is 4.79 Å². The average molecular weight is 259 g/mol. The van der Waals surface area contributed by atoms with E-state index < -0.39 is 0 Å². The van der Waals surface area contributed by atoms with Gasteiger partial charge in [-0.1, -0.05) is 11.6 Å². The first-order valence-electron chi connectivity index (χ1n) is 5.48. The van der Waals surface area contributed by atoms with Crippen molar-refractivity contribution >= 4 is 28.8 Å². The van der Waals surface area contributed by atoms with E-state index in [2.05, 4.69) is 10.6 Å². The maximum Gasteiger partial charge on any atom is 0.221 e. The van der Waals surface area contributed by atoms with Gasteiger partial charge in [-0.3, -0.25) is 4.79 Å². The van der Waals surface area contributed by atoms with Crippen molar-refractivity contribution in [2.45, 2.75) is 31.8 Å². The zero-order valence-electron chi connectivity index (χ0n) is 8.96. The number of carbonyl (C=O) groups excluding carboxylic acids is 1. The van der Waals surface area contributed by atoms with Crippen LogP contribution in [0.1, 0.15) is 24.1 Å². The highest BCUT2D eigenvalue weighted by molar-refractivity contribution is 7.16. The van der Waals surface area contributed by atoms with E-state index in [9.17, 15) is 4.79 Å². The number of carbonyl (C=O) groups is 1. The summed E-state index contributed by atoms with van der Waals surface area (Å²) in [4.78, 5) is 12.6. The van der Waals surface area contributed by atoms with Crippen LogP contribution in [0.4, 0.5) is 0 Å². The molecule has 2 rings (SSSR count). The molecule has 2 N–H and O–H groups in total. The third kappa shape index (κ3) is 3.47. The maximum atomic E-state index is 11.3. The molecule has 1 fully saturated rings. The predicted octanol–water partition coefficient (Wildman–Crippen LogP) is 2.16. The van der Waals surface area contributed by atoms with E-state index >= 15 is 0 Å². The van der Waals surface area contributed by atoms with E-state index in [0.717, 1.165) is 30.3 Å². The van der Waals surface area contributed by atoms with Crippen molar-refractivity contribution in [3.05, 3.63) is 21.3 Å². The van der Waals surface area contributed by atoms with Gasteiger partial charge in [-0.25, -0.2) is 0 Å². The lowest BCUT2D eigenvalue weighted by Crippen LogP contribution is -2.31. The fourth-order valence-electron chi connectivity index (χ4n) is 1.84. The van der Waals surface area contributed by atoms with Crippen LogP contribution in [-0.4, -0.2) is 18.5 Å². The highest BCUT2D eigenvalue weighted by Crippen LogP contribution is 2.21. The third-order valence-corrected chi connectivity index (χ3v) is 3.91. The minimum absolute atomic E-state index is 0.152. The molecule has 1 aromatic rings. The first kappa shape index (κ1) is 11.9. The molecule has 0 radical (unpaired) electrons. The lowest BCUT2D eigenvalue weighted by molar-refractivity contribution is -0.121. The molecular weight excluding hydrogens is 244 g/mol. The molecule has 2 heterocycles. The summed E-state index contributed by atoms with van der Waals surface area (Å²) in [6.07, 6.45) is 2.69. The molecule has 0 saturated carbocycles. The van der Waals surface area contributed by atoms with Gasteiger partial charge >= 0.3 is 0 Å². The van der Waals surface area contributed by atoms with Gasteiger partial charge in [0.2, 0.25) is 5.91 Å². The zero-order valence-corrected chi connectivity index (χ0v) is 10.5. The molecule has 1 aliphatic rings. The third-order valence-electron chi connectivity index (χ3n) is 2.68. The Morgan fingerprint density at radius 3 is 3.19 bits per heavy atom. The second kappa shape index (κ2) is 5.66. The van der Waals surface area contributed by atoms with Gasteiger partial charge in [-0.2, -0.15) is 0 Å². The van der Waals surface area contributed by atoms with E-state index in [1.54, 1.807) is 11.3 Å². The molecule has 1 unspecified atom stereocenters. The molecule has 0 spiro atoms. The van der Waals surface area contributed by atoms with Crippen LogP contribution < -0.4 is 10.6 Å². The Kier molecular flexibility index (Phi) is 4.21. The summed E-state index contributed by atoms with van der Waals surface area (Å²) in [5.74, 6) is 0.152. The Morgan fingerprint density at radius 1 is 1.56 bits per heavy atom. The Balaban J connectivity index is 1.82. The van der Waals surface area contributed by atoms with Gasteiger partial charge in [0.05, 0.1) is 4.34 Å². The average Bonchev–Trinajstić information content (AvgIpc) is 2.55. The fraction of sp³-hybridized carbons (Fsp3) is 0.545. The lowest BCUT2D eigenvalue weighted by Gasteiger charge is -2.13. The van der Waals surface area contributed by atoms with E-state index in [1.807, 2.05) is 12.1 Å². The monoisotopic (exact) mass is 258 g/mol. The molecule has 1 aromatic heterocycles. The topological polar surface area (TPSA) is 41.1 Å². The smallest absolute Gasteiger partial charge is 0.221 e. The molecule has 0 aromatic carbocycles. The van der Waals surface area contributed by atoms with Gasteiger partial charge in [-0.15, -0.1) is 11.3 Å². The Bertz CT molecular complexity index is 367. The molecular formula is C11H15ClN2OS. The minimum atomic E-state index is 0.152. The summed E-state index contributed by atoms with van der Waals surface area (Å²) in [5, 5.41) is 6.29. The van der Waals surface area contributed by atoms with Gasteiger partial charge < -0.3 is 10.6 Å². The normalized spacial score (nSPS) is 21.6. The van der Waals surface area contributed by atoms with E-state index in [0.29, 0.717) is 12.5 Å². The van der Waals surface area contributed by atoms with Crippen LogP contribution in [0.25, 0.3) is 0 Å². The maximum absolute atomic E-state index is 11.3. The number of nitrogens with one attached hydrogen (secondary N) is 2. The molecule has 1 atom stereocenters. The predicted molar refractivity (Wildman–Crippen MR) is 66.8 cm³/mol. The van der Waals surface area contributed by atoms with Crippen molar-refractivity contribution in [3.63, 3.8) is 0 Å². The summed E-state index contributed by atoms with van der Waals surface area (Å²) in [6.45, 7) is 1.61. The number of rotatable bonds is 3. The molecule has 1 aliphatic heterocycles. The first-order chi connectivity index (χ1) is 7.74. The van der Waals surface area contributed by atoms with Crippen molar-refractivity contribution in [2.75, 3.05) is 6.54 Å². The number of hydrogen-bond donors (Lipinski definition) is 2. The summed E-state index contributed by atoms with van der Waals surface area (Å²) < 4.78 is 0.815. The molecule has 5 heteroatoms. The molecule has 88 valence electrons. The molecule has 16 heavy (non-hydrogen) atoms. The van der Waals surface area contributed by atoms with Gasteiger partial charge in [-0.05, 0) is 25.0 Å². The number of hydrogen-bond acceptors (Lipinski definition) is 3. The van der Waals surface area contributed by atoms with Crippen LogP contribution in [0.3, 0.4) is 0 Å². The Labute approximate surface area is 104 Å². The molecule has 0 aliphatic carbocycles. The highest BCUT2D eigenvalue weighted by atomic mass is 35.5. The molecule has 1 saturated heterocycles. The van der Waals surface area contributed by atoms with Crippen LogP contribution in [0.5, 0.6) is 0 Å². The lowest BCUT2D eigenvalue weighted by atomic mass is 10.1. The van der Waals surface area contributed by atoms with Crippen LogP contribution in [0.15, 0.2) is 12.1 Å². The standard InChI is InChI=1S/C11H15ClN2OS/c12-10-4-3-9(16-10)7-14-8-2-1-5-13-11(15)6-8/h3-4,8,14H,1-2,5-7H2,(H,13,15). The molecule has 0 bridgehead atoms. The molecule has 3 nitrogen and oxygen atoms in total. The second-order valence-electron chi connectivity index (χ2n) is 3.98. The van der Waals surface area contributed by atoms with Crippen LogP contribution in [0.2, 0.25) is 4.34 Å². The van der Waals surface area contributed by atoms with Crippen LogP contribution in [0, 0.1) is 0 Å². The zero-order chi connectivity index (χ0) is 11.4. The largest absolute Gasteiger partial charge is 0.356 e. The second-order valence-corrected chi connectivity index (χ2v) is 5.78. The van der Waals surface area contributed by atoms with Crippen LogP contribution in [-0.2, 0) is 11.3 Å². The highest BCUT2D eigenvalue weighted by Gasteiger charge is 2.16. The van der Waals surface area contributed by atoms with Crippen molar-refractivity contribution in [1.29, 1.82) is 0 Å². The van der Waals surface area contributed by atoms with Gasteiger partial charge in [0, 0.05) is 30.4 Å². The van der Waals surface area contributed by atoms with Gasteiger partial charge in [0.1, 0.15) is 0 Å². The van der Waals surface area contributed by atoms with E-state index in [-0.39, 0.29) is 5.91 Å². The van der Waals surface area contributed by atoms with Crippen molar-refractivity contribution in [1.82, 2.24) is 10.6 Å². The van der Waals surface area contributed by atoms with Crippen molar-refractivity contribution in [2.24, 2.45) is 0 Å². The molecule has 1 amide bonds. The fourth-order valence-corrected chi connectivity index (χ4v) is 2.88. The number of halogens is 1. The summed E-state index contributed by atoms with van der Waals surface area (Å²) in [7, 11) is 0. The first-order valence-corrected chi connectivity index (χ1v) is 6.68. The minimum Gasteiger partial charge on any atom is -0.356 e. The van der Waals surface area contributed by atoms with E-state index in [1.165, 1.54) is 4.88 Å². The van der Waals surface area contributed by atoms with E-state index in [4.69, 9.17) is 11.6 Å². The van der Waals surface area contributed by atoms with Crippen LogP contribution >= 0.6 is 22.9 Å². The summed E-state index contributed by atoms with van der Waals surface area (Å²) >= 11 is 7.44. The Hall–Kier alpha value is -0.580. The number of amides is 1. The summed E-state index contributed by atoms with van der Waals surface area (Å²) in [6, 6.07) is 4.23. The summed E-state index contributed by atoms with van der Waals surface area (Å²) in [5.41, 5.74) is 0. The Morgan fingerprint density at radius 2 is 2.44 bits per heavy atom. The SMILES string of the molecule is O=C1CC(NCc2ccc(Cl)s2)CCCN1. The van der Waals surface area contributed by atoms with Gasteiger partial charge in [0.15, 0.2) is 0 Å². The number of thiophene rings is 1. The quantitative estimate of drug-likeness (QED) is 0.872. The van der Waals surface area contributed by atoms with Crippen molar-refractivity contribution in [3.8, 4) is 0 Å². The van der Waals surface area contributed by atoms with Gasteiger partial charge in [0.25, 0.3) is 0 Å².